The zero-order chi connectivity index (χ0) is 14.4. The van der Waals surface area contributed by atoms with Crippen LogP contribution in [0.2, 0.25) is 0 Å². The molecule has 3 nitrogen and oxygen atoms in total. The average Bonchev–Trinajstić information content (AvgIpc) is 2.48. The molecule has 0 saturated heterocycles. The lowest BCUT2D eigenvalue weighted by Crippen LogP contribution is -2.18. The lowest BCUT2D eigenvalue weighted by Gasteiger charge is -2.15. The Hall–Kier alpha value is -2.78. The number of hydrogen-bond acceptors (Lipinski definition) is 3. The van der Waals surface area contributed by atoms with Crippen LogP contribution in [0.5, 0.6) is 0 Å². The molecule has 0 heterocycles. The largest absolute Gasteiger partial charge is 0.382 e. The van der Waals surface area contributed by atoms with Gasteiger partial charge in [0.15, 0.2) is 0 Å². The van der Waals surface area contributed by atoms with Crippen LogP contribution in [0.1, 0.15) is 23.6 Å². The molecule has 0 amide bonds. The maximum Gasteiger partial charge on any atom is 0.101 e. The fraction of sp³-hybridized carbons (Fsp3) is 0.176. The molecule has 2 aromatic carbocycles. The average molecular weight is 261 g/mol. The van der Waals surface area contributed by atoms with Crippen LogP contribution in [0.15, 0.2) is 48.5 Å². The van der Waals surface area contributed by atoms with Gasteiger partial charge < -0.3 is 5.32 Å². The van der Waals surface area contributed by atoms with Crippen LogP contribution in [0.25, 0.3) is 0 Å². The van der Waals surface area contributed by atoms with E-state index in [0.29, 0.717) is 11.1 Å². The van der Waals surface area contributed by atoms with Gasteiger partial charge in [-0.1, -0.05) is 30.3 Å². The molecule has 0 aliphatic heterocycles. The fourth-order valence-electron chi connectivity index (χ4n) is 2.13. The molecule has 0 bridgehead atoms. The minimum Gasteiger partial charge on any atom is -0.382 e. The van der Waals surface area contributed by atoms with Crippen LogP contribution in [0.3, 0.4) is 0 Å². The van der Waals surface area contributed by atoms with Crippen molar-refractivity contribution in [2.24, 2.45) is 0 Å². The number of rotatable bonds is 4. The number of anilines is 1. The highest BCUT2D eigenvalue weighted by Crippen LogP contribution is 2.16. The number of nitrogens with one attached hydrogen (secondary N) is 1. The van der Waals surface area contributed by atoms with Gasteiger partial charge in [0.2, 0.25) is 0 Å². The first-order valence-electron chi connectivity index (χ1n) is 6.47. The van der Waals surface area contributed by atoms with Crippen molar-refractivity contribution in [3.63, 3.8) is 0 Å². The second-order valence-electron chi connectivity index (χ2n) is 4.72. The molecular formula is C17H15N3. The zero-order valence-electron chi connectivity index (χ0n) is 11.3. The molecule has 0 radical (unpaired) electrons. The lowest BCUT2D eigenvalue weighted by molar-refractivity contribution is 0.790. The maximum atomic E-state index is 9.01. The number of nitriles is 2. The van der Waals surface area contributed by atoms with Crippen LogP contribution in [0.4, 0.5) is 5.69 Å². The third-order valence-electron chi connectivity index (χ3n) is 3.06. The van der Waals surface area contributed by atoms with Crippen molar-refractivity contribution >= 4 is 5.69 Å². The molecule has 0 fully saturated rings. The summed E-state index contributed by atoms with van der Waals surface area (Å²) >= 11 is 0. The van der Waals surface area contributed by atoms with E-state index >= 15 is 0 Å². The molecule has 2 rings (SSSR count). The van der Waals surface area contributed by atoms with Crippen LogP contribution in [0, 0.1) is 22.7 Å². The molecule has 0 aliphatic carbocycles. The molecule has 3 heteroatoms. The van der Waals surface area contributed by atoms with Gasteiger partial charge >= 0.3 is 0 Å². The number of nitrogens with zero attached hydrogens (tertiary/aromatic N) is 2. The van der Waals surface area contributed by atoms with Gasteiger partial charge in [-0.25, -0.2) is 0 Å². The van der Waals surface area contributed by atoms with E-state index in [1.165, 1.54) is 5.56 Å². The summed E-state index contributed by atoms with van der Waals surface area (Å²) in [6.07, 6.45) is 0.905. The van der Waals surface area contributed by atoms with E-state index in [0.717, 1.165) is 12.1 Å². The summed E-state index contributed by atoms with van der Waals surface area (Å²) in [6.45, 7) is 2.09. The molecule has 2 aromatic rings. The second kappa shape index (κ2) is 6.41. The highest BCUT2D eigenvalue weighted by atomic mass is 14.9. The predicted octanol–water partition coefficient (Wildman–Crippen LogP) is 3.47. The topological polar surface area (TPSA) is 59.6 Å². The van der Waals surface area contributed by atoms with Gasteiger partial charge in [-0.2, -0.15) is 10.5 Å². The Bertz CT molecular complexity index is 663. The van der Waals surface area contributed by atoms with Crippen molar-refractivity contribution in [1.29, 1.82) is 10.5 Å². The highest BCUT2D eigenvalue weighted by Gasteiger charge is 2.06. The second-order valence-corrected chi connectivity index (χ2v) is 4.72. The third-order valence-corrected chi connectivity index (χ3v) is 3.06. The summed E-state index contributed by atoms with van der Waals surface area (Å²) in [4.78, 5) is 0. The Labute approximate surface area is 119 Å². The van der Waals surface area contributed by atoms with E-state index < -0.39 is 0 Å². The Morgan fingerprint density at radius 3 is 2.35 bits per heavy atom. The first-order chi connectivity index (χ1) is 9.72. The minimum absolute atomic E-state index is 0.247. The summed E-state index contributed by atoms with van der Waals surface area (Å²) < 4.78 is 0. The summed E-state index contributed by atoms with van der Waals surface area (Å²) in [5.74, 6) is 0. The summed E-state index contributed by atoms with van der Waals surface area (Å²) in [7, 11) is 0. The molecule has 1 unspecified atom stereocenters. The quantitative estimate of drug-likeness (QED) is 0.916. The van der Waals surface area contributed by atoms with E-state index in [9.17, 15) is 0 Å². The van der Waals surface area contributed by atoms with Gasteiger partial charge in [-0.3, -0.25) is 0 Å². The summed E-state index contributed by atoms with van der Waals surface area (Å²) in [6, 6.07) is 19.8. The Morgan fingerprint density at radius 1 is 1.00 bits per heavy atom. The molecule has 0 spiro atoms. The SMILES string of the molecule is CC(Cc1ccccc1)Nc1ccc(C#N)c(C#N)c1. The van der Waals surface area contributed by atoms with Gasteiger partial charge in [0.25, 0.3) is 0 Å². The summed E-state index contributed by atoms with van der Waals surface area (Å²) in [5, 5.41) is 21.3. The van der Waals surface area contributed by atoms with Crippen LogP contribution in [-0.2, 0) is 6.42 Å². The third kappa shape index (κ3) is 3.37. The molecular weight excluding hydrogens is 246 g/mol. The minimum atomic E-state index is 0.247. The normalized spacial score (nSPS) is 11.2. The molecule has 1 N–H and O–H groups in total. The van der Waals surface area contributed by atoms with Crippen LogP contribution >= 0.6 is 0 Å². The van der Waals surface area contributed by atoms with E-state index in [-0.39, 0.29) is 6.04 Å². The summed E-state index contributed by atoms with van der Waals surface area (Å²) in [5.41, 5.74) is 2.95. The molecule has 0 saturated carbocycles. The van der Waals surface area contributed by atoms with Crippen molar-refractivity contribution < 1.29 is 0 Å². The molecule has 1 atom stereocenters. The fourth-order valence-corrected chi connectivity index (χ4v) is 2.13. The predicted molar refractivity (Wildman–Crippen MR) is 79.1 cm³/mol. The molecule has 0 aliphatic rings. The van der Waals surface area contributed by atoms with Crippen LogP contribution < -0.4 is 5.32 Å². The molecule has 20 heavy (non-hydrogen) atoms. The zero-order valence-corrected chi connectivity index (χ0v) is 11.3. The molecule has 0 aromatic heterocycles. The van der Waals surface area contributed by atoms with Crippen LogP contribution in [-0.4, -0.2) is 6.04 Å². The van der Waals surface area contributed by atoms with Crippen molar-refractivity contribution in [2.75, 3.05) is 5.32 Å². The Kier molecular flexibility index (Phi) is 4.37. The standard InChI is InChI=1S/C17H15N3/c1-13(9-14-5-3-2-4-6-14)20-17-8-7-15(11-18)16(10-17)12-19/h2-8,10,13,20H,9H2,1H3. The molecule has 98 valence electrons. The smallest absolute Gasteiger partial charge is 0.101 e. The lowest BCUT2D eigenvalue weighted by atomic mass is 10.1. The Balaban J connectivity index is 2.07. The van der Waals surface area contributed by atoms with Gasteiger partial charge in [-0.05, 0) is 37.1 Å². The van der Waals surface area contributed by atoms with E-state index in [4.69, 9.17) is 10.5 Å². The van der Waals surface area contributed by atoms with Gasteiger partial charge in [-0.15, -0.1) is 0 Å². The monoisotopic (exact) mass is 261 g/mol. The van der Waals surface area contributed by atoms with Crippen molar-refractivity contribution in [3.8, 4) is 12.1 Å². The number of hydrogen-bond donors (Lipinski definition) is 1. The van der Waals surface area contributed by atoms with Crippen molar-refractivity contribution in [3.05, 3.63) is 65.2 Å². The Morgan fingerprint density at radius 2 is 1.70 bits per heavy atom. The van der Waals surface area contributed by atoms with Gasteiger partial charge in [0.05, 0.1) is 11.1 Å². The first kappa shape index (κ1) is 13.6. The van der Waals surface area contributed by atoms with Crippen molar-refractivity contribution in [1.82, 2.24) is 0 Å². The number of benzene rings is 2. The first-order valence-corrected chi connectivity index (χ1v) is 6.47. The maximum absolute atomic E-state index is 9.01. The van der Waals surface area contributed by atoms with E-state index in [1.54, 1.807) is 12.1 Å². The van der Waals surface area contributed by atoms with E-state index in [1.807, 2.05) is 36.4 Å². The van der Waals surface area contributed by atoms with Gasteiger partial charge in [0.1, 0.15) is 12.1 Å². The van der Waals surface area contributed by atoms with Crippen molar-refractivity contribution in [2.45, 2.75) is 19.4 Å². The highest BCUT2D eigenvalue weighted by molar-refractivity contribution is 5.56. The van der Waals surface area contributed by atoms with Gasteiger partial charge in [0, 0.05) is 11.7 Å². The van der Waals surface area contributed by atoms with E-state index in [2.05, 4.69) is 24.4 Å².